The van der Waals surface area contributed by atoms with Crippen molar-refractivity contribution >= 4 is 5.91 Å². The van der Waals surface area contributed by atoms with Gasteiger partial charge in [-0.05, 0) is 20.4 Å². The number of nitrogens with zero attached hydrogens (tertiary/aromatic N) is 2. The highest BCUT2D eigenvalue weighted by molar-refractivity contribution is 5.75. The molecule has 5 heteroatoms. The molecule has 0 aliphatic heterocycles. The maximum atomic E-state index is 11.3. The molecule has 0 unspecified atom stereocenters. The molecular formula is C11H20N4O. The fraction of sp³-hybridized carbons (Fsp3) is 0.636. The number of nitrogens with one attached hydrogen (secondary N) is 2. The quantitative estimate of drug-likeness (QED) is 0.759. The Morgan fingerprint density at radius 3 is 2.69 bits per heavy atom. The highest BCUT2D eigenvalue weighted by Crippen LogP contribution is 2.12. The normalized spacial score (nSPS) is 10.5. The van der Waals surface area contributed by atoms with Crippen molar-refractivity contribution in [1.29, 1.82) is 0 Å². The third kappa shape index (κ3) is 2.82. The lowest BCUT2D eigenvalue weighted by Gasteiger charge is -2.05. The van der Waals surface area contributed by atoms with E-state index in [1.54, 1.807) is 11.7 Å². The molecule has 2 N–H and O–H groups in total. The third-order valence-corrected chi connectivity index (χ3v) is 2.66. The Bertz CT molecular complexity index is 370. The molecule has 0 bridgehead atoms. The number of hydrogen-bond donors (Lipinski definition) is 2. The monoisotopic (exact) mass is 224 g/mol. The van der Waals surface area contributed by atoms with E-state index in [2.05, 4.69) is 22.7 Å². The first-order chi connectivity index (χ1) is 7.60. The van der Waals surface area contributed by atoms with Crippen LogP contribution in [0.2, 0.25) is 0 Å². The van der Waals surface area contributed by atoms with Gasteiger partial charge in [0.15, 0.2) is 0 Å². The third-order valence-electron chi connectivity index (χ3n) is 2.66. The average molecular weight is 224 g/mol. The summed E-state index contributed by atoms with van der Waals surface area (Å²) in [4.78, 5) is 11.3. The smallest absolute Gasteiger partial charge is 0.241 e. The molecule has 0 saturated carbocycles. The number of carbonyl (C=O) groups excluding carboxylic acids is 1. The van der Waals surface area contributed by atoms with Gasteiger partial charge in [-0.3, -0.25) is 9.48 Å². The number of likely N-dealkylation sites (N-methyl/N-ethyl adjacent to an activating group) is 1. The summed E-state index contributed by atoms with van der Waals surface area (Å²) in [5, 5.41) is 10.2. The molecule has 0 radical (unpaired) electrons. The maximum absolute atomic E-state index is 11.3. The highest BCUT2D eigenvalue weighted by atomic mass is 16.1. The lowest BCUT2D eigenvalue weighted by atomic mass is 10.2. The van der Waals surface area contributed by atoms with E-state index in [1.807, 2.05) is 13.8 Å². The Morgan fingerprint density at radius 2 is 2.12 bits per heavy atom. The van der Waals surface area contributed by atoms with E-state index < -0.39 is 0 Å². The molecule has 0 aliphatic carbocycles. The molecule has 5 nitrogen and oxygen atoms in total. The maximum Gasteiger partial charge on any atom is 0.241 e. The number of hydrogen-bond acceptors (Lipinski definition) is 3. The van der Waals surface area contributed by atoms with E-state index in [1.165, 1.54) is 5.56 Å². The van der Waals surface area contributed by atoms with Crippen LogP contribution in [-0.4, -0.2) is 29.3 Å². The van der Waals surface area contributed by atoms with Gasteiger partial charge in [0.1, 0.15) is 6.54 Å². The zero-order valence-corrected chi connectivity index (χ0v) is 10.4. The molecule has 0 aliphatic rings. The van der Waals surface area contributed by atoms with Crippen molar-refractivity contribution in [2.24, 2.45) is 0 Å². The molecule has 16 heavy (non-hydrogen) atoms. The zero-order chi connectivity index (χ0) is 12.1. The summed E-state index contributed by atoms with van der Waals surface area (Å²) in [5.74, 6) is -0.0272. The minimum absolute atomic E-state index is 0.0272. The second kappa shape index (κ2) is 5.65. The fourth-order valence-electron chi connectivity index (χ4n) is 1.61. The molecule has 0 spiro atoms. The number of carbonyl (C=O) groups is 1. The molecule has 90 valence electrons. The van der Waals surface area contributed by atoms with Crippen LogP contribution in [0.5, 0.6) is 0 Å². The molecule has 1 amide bonds. The SMILES string of the molecule is CCNCc1c(C)nn(CC(=O)NC)c1C. The first-order valence-electron chi connectivity index (χ1n) is 5.54. The molecule has 1 heterocycles. The first kappa shape index (κ1) is 12.7. The Kier molecular flexibility index (Phi) is 4.49. The Hall–Kier alpha value is -1.36. The van der Waals surface area contributed by atoms with Crippen molar-refractivity contribution in [2.45, 2.75) is 33.9 Å². The molecule has 0 atom stereocenters. The van der Waals surface area contributed by atoms with Gasteiger partial charge in [0, 0.05) is 24.8 Å². The van der Waals surface area contributed by atoms with Crippen LogP contribution in [0.1, 0.15) is 23.9 Å². The summed E-state index contributed by atoms with van der Waals surface area (Å²) in [6.45, 7) is 8.06. The molecule has 1 aromatic heterocycles. The summed E-state index contributed by atoms with van der Waals surface area (Å²) < 4.78 is 1.75. The van der Waals surface area contributed by atoms with Gasteiger partial charge in [-0.25, -0.2) is 0 Å². The van der Waals surface area contributed by atoms with Gasteiger partial charge in [-0.2, -0.15) is 5.10 Å². The van der Waals surface area contributed by atoms with Crippen molar-refractivity contribution in [1.82, 2.24) is 20.4 Å². The van der Waals surface area contributed by atoms with Crippen LogP contribution < -0.4 is 10.6 Å². The van der Waals surface area contributed by atoms with Crippen molar-refractivity contribution < 1.29 is 4.79 Å². The van der Waals surface area contributed by atoms with E-state index in [-0.39, 0.29) is 12.5 Å². The van der Waals surface area contributed by atoms with Crippen molar-refractivity contribution in [2.75, 3.05) is 13.6 Å². The van der Waals surface area contributed by atoms with E-state index >= 15 is 0 Å². The minimum atomic E-state index is -0.0272. The van der Waals surface area contributed by atoms with Crippen LogP contribution in [0.4, 0.5) is 0 Å². The zero-order valence-electron chi connectivity index (χ0n) is 10.4. The van der Waals surface area contributed by atoms with Crippen molar-refractivity contribution in [3.63, 3.8) is 0 Å². The standard InChI is InChI=1S/C11H20N4O/c1-5-13-6-10-8(2)14-15(9(10)3)7-11(16)12-4/h13H,5-7H2,1-4H3,(H,12,16). The van der Waals surface area contributed by atoms with Gasteiger partial charge < -0.3 is 10.6 Å². The second-order valence-corrected chi connectivity index (χ2v) is 3.76. The second-order valence-electron chi connectivity index (χ2n) is 3.76. The van der Waals surface area contributed by atoms with Crippen LogP contribution in [0.15, 0.2) is 0 Å². The van der Waals surface area contributed by atoms with E-state index in [4.69, 9.17) is 0 Å². The average Bonchev–Trinajstić information content (AvgIpc) is 2.52. The molecule has 0 aromatic carbocycles. The number of amides is 1. The Labute approximate surface area is 96.2 Å². The van der Waals surface area contributed by atoms with E-state index in [0.29, 0.717) is 0 Å². The fourth-order valence-corrected chi connectivity index (χ4v) is 1.61. The van der Waals surface area contributed by atoms with Crippen molar-refractivity contribution in [3.8, 4) is 0 Å². The van der Waals surface area contributed by atoms with Crippen LogP contribution in [-0.2, 0) is 17.9 Å². The largest absolute Gasteiger partial charge is 0.358 e. The van der Waals surface area contributed by atoms with Gasteiger partial charge in [0.25, 0.3) is 0 Å². The van der Waals surface area contributed by atoms with E-state index in [0.717, 1.165) is 24.5 Å². The number of rotatable bonds is 5. The minimum Gasteiger partial charge on any atom is -0.358 e. The topological polar surface area (TPSA) is 59.0 Å². The summed E-state index contributed by atoms with van der Waals surface area (Å²) >= 11 is 0. The van der Waals surface area contributed by atoms with E-state index in [9.17, 15) is 4.79 Å². The lowest BCUT2D eigenvalue weighted by molar-refractivity contribution is -0.121. The number of aryl methyl sites for hydroxylation is 1. The van der Waals surface area contributed by atoms with Crippen LogP contribution in [0.3, 0.4) is 0 Å². The van der Waals surface area contributed by atoms with Gasteiger partial charge in [0.2, 0.25) is 5.91 Å². The Morgan fingerprint density at radius 1 is 1.44 bits per heavy atom. The summed E-state index contributed by atoms with van der Waals surface area (Å²) in [5.41, 5.74) is 3.23. The molecule has 1 aromatic rings. The first-order valence-corrected chi connectivity index (χ1v) is 5.54. The van der Waals surface area contributed by atoms with Gasteiger partial charge in [-0.15, -0.1) is 0 Å². The molecule has 0 saturated heterocycles. The van der Waals surface area contributed by atoms with Gasteiger partial charge >= 0.3 is 0 Å². The Balaban J connectivity index is 2.83. The number of aromatic nitrogens is 2. The molecule has 0 fully saturated rings. The summed E-state index contributed by atoms with van der Waals surface area (Å²) in [6.07, 6.45) is 0. The van der Waals surface area contributed by atoms with Gasteiger partial charge in [0.05, 0.1) is 5.69 Å². The summed E-state index contributed by atoms with van der Waals surface area (Å²) in [6, 6.07) is 0. The lowest BCUT2D eigenvalue weighted by Crippen LogP contribution is -2.24. The molecule has 1 rings (SSSR count). The van der Waals surface area contributed by atoms with Crippen LogP contribution in [0, 0.1) is 13.8 Å². The van der Waals surface area contributed by atoms with Crippen molar-refractivity contribution in [3.05, 3.63) is 17.0 Å². The molecular weight excluding hydrogens is 204 g/mol. The van der Waals surface area contributed by atoms with Gasteiger partial charge in [-0.1, -0.05) is 6.92 Å². The highest BCUT2D eigenvalue weighted by Gasteiger charge is 2.12. The predicted molar refractivity (Wildman–Crippen MR) is 63.1 cm³/mol. The van der Waals surface area contributed by atoms with Crippen LogP contribution in [0.25, 0.3) is 0 Å². The van der Waals surface area contributed by atoms with Crippen LogP contribution >= 0.6 is 0 Å². The predicted octanol–water partition coefficient (Wildman–Crippen LogP) is 0.355. The summed E-state index contributed by atoms with van der Waals surface area (Å²) in [7, 11) is 1.63.